The van der Waals surface area contributed by atoms with E-state index in [4.69, 9.17) is 0 Å². The Bertz CT molecular complexity index is 674. The Morgan fingerprint density at radius 1 is 0.800 bits per heavy atom. The summed E-state index contributed by atoms with van der Waals surface area (Å²) in [6.45, 7) is 3.72. The first kappa shape index (κ1) is 19.1. The molecule has 0 aliphatic carbocycles. The van der Waals surface area contributed by atoms with Crippen molar-refractivity contribution >= 4 is 12.2 Å². The van der Waals surface area contributed by atoms with Gasteiger partial charge in [0.05, 0.1) is 5.60 Å². The Balaban J connectivity index is 1.82. The average molecular weight is 340 g/mol. The number of rotatable bonds is 8. The van der Waals surface area contributed by atoms with Crippen molar-refractivity contribution in [2.24, 2.45) is 0 Å². The van der Waals surface area contributed by atoms with Gasteiger partial charge in [-0.2, -0.15) is 0 Å². The highest BCUT2D eigenvalue weighted by Crippen LogP contribution is 2.22. The molecule has 134 valence electrons. The van der Waals surface area contributed by atoms with Gasteiger partial charge in [-0.3, -0.25) is 0 Å². The van der Waals surface area contributed by atoms with E-state index in [2.05, 4.69) is 24.3 Å². The molecule has 2 aromatic rings. The standard InChI is InChI=1S/C22H28O3/c1-22(2,25)13-5-3-4-6-17-7-9-18(10-8-17)11-12-19-14-20(23)16-21(24)15-19/h7-12,14-16,23-25H,3-6,13H2,1-2H3/b12-11+. The van der Waals surface area contributed by atoms with Gasteiger partial charge in [0.2, 0.25) is 0 Å². The molecule has 0 saturated heterocycles. The van der Waals surface area contributed by atoms with Crippen LogP contribution in [0.4, 0.5) is 0 Å². The van der Waals surface area contributed by atoms with Crippen molar-refractivity contribution in [3.8, 4) is 11.5 Å². The molecule has 0 aliphatic rings. The molecule has 2 rings (SSSR count). The van der Waals surface area contributed by atoms with Crippen molar-refractivity contribution in [1.29, 1.82) is 0 Å². The number of aliphatic hydroxyl groups is 1. The predicted octanol–water partition coefficient (Wildman–Crippen LogP) is 5.14. The van der Waals surface area contributed by atoms with E-state index < -0.39 is 5.60 Å². The second kappa shape index (κ2) is 8.72. The topological polar surface area (TPSA) is 60.7 Å². The number of hydrogen-bond donors (Lipinski definition) is 3. The van der Waals surface area contributed by atoms with Gasteiger partial charge in [0, 0.05) is 6.07 Å². The lowest BCUT2D eigenvalue weighted by Crippen LogP contribution is -2.17. The maximum atomic E-state index is 9.69. The van der Waals surface area contributed by atoms with Gasteiger partial charge in [-0.05, 0) is 61.9 Å². The number of phenolic OH excluding ortho intramolecular Hbond substituents is 2. The number of aryl methyl sites for hydroxylation is 1. The second-order valence-electron chi connectivity index (χ2n) is 7.23. The van der Waals surface area contributed by atoms with Gasteiger partial charge in [0.15, 0.2) is 0 Å². The van der Waals surface area contributed by atoms with Crippen LogP contribution in [0.5, 0.6) is 11.5 Å². The molecular formula is C22H28O3. The summed E-state index contributed by atoms with van der Waals surface area (Å²) in [4.78, 5) is 0. The van der Waals surface area contributed by atoms with Crippen molar-refractivity contribution in [3.05, 3.63) is 59.2 Å². The third kappa shape index (κ3) is 7.44. The van der Waals surface area contributed by atoms with Crippen molar-refractivity contribution in [2.75, 3.05) is 0 Å². The molecule has 3 heteroatoms. The minimum absolute atomic E-state index is 0.0552. The maximum Gasteiger partial charge on any atom is 0.119 e. The average Bonchev–Trinajstić information content (AvgIpc) is 2.52. The van der Waals surface area contributed by atoms with E-state index in [1.807, 2.05) is 26.0 Å². The molecular weight excluding hydrogens is 312 g/mol. The van der Waals surface area contributed by atoms with E-state index in [0.29, 0.717) is 0 Å². The summed E-state index contributed by atoms with van der Waals surface area (Å²) in [6, 6.07) is 13.0. The third-order valence-corrected chi connectivity index (χ3v) is 4.13. The molecule has 3 nitrogen and oxygen atoms in total. The van der Waals surface area contributed by atoms with Gasteiger partial charge in [-0.15, -0.1) is 0 Å². The molecule has 0 saturated carbocycles. The van der Waals surface area contributed by atoms with Crippen LogP contribution < -0.4 is 0 Å². The molecule has 3 N–H and O–H groups in total. The first-order valence-corrected chi connectivity index (χ1v) is 8.84. The van der Waals surface area contributed by atoms with Gasteiger partial charge in [-0.1, -0.05) is 49.3 Å². The summed E-state index contributed by atoms with van der Waals surface area (Å²) < 4.78 is 0. The minimum Gasteiger partial charge on any atom is -0.508 e. The molecule has 0 bridgehead atoms. The van der Waals surface area contributed by atoms with Gasteiger partial charge in [0.1, 0.15) is 11.5 Å². The Labute approximate surface area is 150 Å². The van der Waals surface area contributed by atoms with Gasteiger partial charge >= 0.3 is 0 Å². The van der Waals surface area contributed by atoms with E-state index in [-0.39, 0.29) is 11.5 Å². The lowest BCUT2D eigenvalue weighted by molar-refractivity contribution is 0.0681. The van der Waals surface area contributed by atoms with E-state index >= 15 is 0 Å². The number of benzene rings is 2. The van der Waals surface area contributed by atoms with Crippen LogP contribution in [0.15, 0.2) is 42.5 Å². The van der Waals surface area contributed by atoms with Crippen molar-refractivity contribution in [1.82, 2.24) is 0 Å². The Morgan fingerprint density at radius 2 is 1.40 bits per heavy atom. The monoisotopic (exact) mass is 340 g/mol. The van der Waals surface area contributed by atoms with Crippen LogP contribution in [0.25, 0.3) is 12.2 Å². The van der Waals surface area contributed by atoms with Gasteiger partial charge in [0.25, 0.3) is 0 Å². The molecule has 0 unspecified atom stereocenters. The summed E-state index contributed by atoms with van der Waals surface area (Å²) in [7, 11) is 0. The van der Waals surface area contributed by atoms with Crippen LogP contribution in [0.3, 0.4) is 0 Å². The molecule has 0 amide bonds. The highest BCUT2D eigenvalue weighted by atomic mass is 16.3. The molecule has 0 heterocycles. The van der Waals surface area contributed by atoms with E-state index in [9.17, 15) is 15.3 Å². The third-order valence-electron chi connectivity index (χ3n) is 4.13. The van der Waals surface area contributed by atoms with Crippen molar-refractivity contribution < 1.29 is 15.3 Å². The van der Waals surface area contributed by atoms with Crippen LogP contribution >= 0.6 is 0 Å². The molecule has 0 aliphatic heterocycles. The largest absolute Gasteiger partial charge is 0.508 e. The Morgan fingerprint density at radius 3 is 2.00 bits per heavy atom. The molecule has 2 aromatic carbocycles. The quantitative estimate of drug-likeness (QED) is 0.460. The lowest BCUT2D eigenvalue weighted by atomic mass is 9.99. The smallest absolute Gasteiger partial charge is 0.119 e. The lowest BCUT2D eigenvalue weighted by Gasteiger charge is -2.16. The number of unbranched alkanes of at least 4 members (excludes halogenated alkanes) is 2. The van der Waals surface area contributed by atoms with Gasteiger partial charge < -0.3 is 15.3 Å². The number of aromatic hydroxyl groups is 2. The van der Waals surface area contributed by atoms with Crippen LogP contribution in [0, 0.1) is 0 Å². The highest BCUT2D eigenvalue weighted by Gasteiger charge is 2.10. The van der Waals surface area contributed by atoms with Crippen LogP contribution in [-0.2, 0) is 6.42 Å². The Hall–Kier alpha value is -2.26. The van der Waals surface area contributed by atoms with Crippen LogP contribution in [0.2, 0.25) is 0 Å². The zero-order valence-corrected chi connectivity index (χ0v) is 15.1. The van der Waals surface area contributed by atoms with Crippen molar-refractivity contribution in [2.45, 2.75) is 51.6 Å². The van der Waals surface area contributed by atoms with Gasteiger partial charge in [-0.25, -0.2) is 0 Å². The van der Waals surface area contributed by atoms with E-state index in [1.54, 1.807) is 12.1 Å². The summed E-state index contributed by atoms with van der Waals surface area (Å²) in [5.74, 6) is 0.110. The first-order valence-electron chi connectivity index (χ1n) is 8.84. The first-order chi connectivity index (χ1) is 11.8. The van der Waals surface area contributed by atoms with E-state index in [0.717, 1.165) is 43.2 Å². The second-order valence-corrected chi connectivity index (χ2v) is 7.23. The fourth-order valence-electron chi connectivity index (χ4n) is 2.77. The molecule has 0 radical (unpaired) electrons. The summed E-state index contributed by atoms with van der Waals surface area (Å²) in [5, 5.41) is 28.7. The normalized spacial score (nSPS) is 12.0. The zero-order valence-electron chi connectivity index (χ0n) is 15.1. The fourth-order valence-corrected chi connectivity index (χ4v) is 2.77. The number of hydrogen-bond acceptors (Lipinski definition) is 3. The molecule has 0 fully saturated rings. The van der Waals surface area contributed by atoms with Crippen LogP contribution in [0.1, 0.15) is 56.2 Å². The maximum absolute atomic E-state index is 9.69. The molecule has 0 spiro atoms. The number of phenols is 2. The molecule has 0 atom stereocenters. The minimum atomic E-state index is -0.555. The SMILES string of the molecule is CC(C)(O)CCCCCc1ccc(/C=C/c2cc(O)cc(O)c2)cc1. The van der Waals surface area contributed by atoms with Crippen molar-refractivity contribution in [3.63, 3.8) is 0 Å². The highest BCUT2D eigenvalue weighted by molar-refractivity contribution is 5.71. The summed E-state index contributed by atoms with van der Waals surface area (Å²) >= 11 is 0. The molecule has 0 aromatic heterocycles. The fraction of sp³-hybridized carbons (Fsp3) is 0.364. The summed E-state index contributed by atoms with van der Waals surface area (Å²) in [5.41, 5.74) is 2.60. The zero-order chi connectivity index (χ0) is 18.3. The van der Waals surface area contributed by atoms with Crippen LogP contribution in [-0.4, -0.2) is 20.9 Å². The molecule has 25 heavy (non-hydrogen) atoms. The summed E-state index contributed by atoms with van der Waals surface area (Å²) in [6.07, 6.45) is 9.05. The van der Waals surface area contributed by atoms with E-state index in [1.165, 1.54) is 11.6 Å². The Kier molecular flexibility index (Phi) is 6.65. The predicted molar refractivity (Wildman–Crippen MR) is 104 cm³/mol.